The molecule has 0 aliphatic rings. The third kappa shape index (κ3) is 3.56. The maximum Gasteiger partial charge on any atom is 0.554 e. The minimum atomic E-state index is -1.90. The van der Waals surface area contributed by atoms with Gasteiger partial charge >= 0.3 is 4.59 Å². The fourth-order valence-electron chi connectivity index (χ4n) is 0.582. The van der Waals surface area contributed by atoms with Crippen LogP contribution in [-0.4, -0.2) is 17.8 Å². The standard InChI is InChI=1S/C4H10BCl3O/c1-3-9(4-2)5(6,7)8/h3-4H2,1-2H3. The Morgan fingerprint density at radius 3 is 1.44 bits per heavy atom. The van der Waals surface area contributed by atoms with E-state index in [1.165, 1.54) is 0 Å². The Hall–Kier alpha value is 0.895. The first kappa shape index (κ1) is 9.89. The summed E-state index contributed by atoms with van der Waals surface area (Å²) in [7, 11) is 0. The van der Waals surface area contributed by atoms with Crippen molar-refractivity contribution in [2.75, 3.05) is 13.2 Å². The molecule has 0 rings (SSSR count). The zero-order valence-electron chi connectivity index (χ0n) is 5.53. The molecule has 0 aliphatic carbocycles. The van der Waals surface area contributed by atoms with Crippen molar-refractivity contribution >= 4 is 39.0 Å². The third-order valence-electron chi connectivity index (χ3n) is 1.12. The number of hydrogen-bond acceptors (Lipinski definition) is 0. The summed E-state index contributed by atoms with van der Waals surface area (Å²) >= 11 is 16.7. The number of hydrogen-bond donors (Lipinski definition) is 0. The highest BCUT2D eigenvalue weighted by Gasteiger charge is 2.30. The van der Waals surface area contributed by atoms with Crippen molar-refractivity contribution in [2.45, 2.75) is 13.8 Å². The van der Waals surface area contributed by atoms with E-state index in [2.05, 4.69) is 4.28 Å². The average Bonchev–Trinajstić information content (AvgIpc) is 1.65. The van der Waals surface area contributed by atoms with Gasteiger partial charge in [-0.25, -0.2) is 34.4 Å². The van der Waals surface area contributed by atoms with E-state index in [9.17, 15) is 0 Å². The summed E-state index contributed by atoms with van der Waals surface area (Å²) in [5.74, 6) is 0. The SMILES string of the molecule is CC[O+](CC)[B-](Cl)(Cl)Cl. The van der Waals surface area contributed by atoms with E-state index < -0.39 is 4.59 Å². The van der Waals surface area contributed by atoms with Crippen molar-refractivity contribution in [2.24, 2.45) is 0 Å². The van der Waals surface area contributed by atoms with Gasteiger partial charge in [0.15, 0.2) is 0 Å². The van der Waals surface area contributed by atoms with Gasteiger partial charge in [0.05, 0.1) is 13.2 Å². The molecule has 0 aliphatic heterocycles. The number of rotatable bonds is 3. The Labute approximate surface area is 70.6 Å². The predicted octanol–water partition coefficient (Wildman–Crippen LogP) is 2.73. The smallest absolute Gasteiger partial charge is 0.554 e. The first-order valence-corrected chi connectivity index (χ1v) is 4.19. The van der Waals surface area contributed by atoms with Crippen LogP contribution in [0.3, 0.4) is 0 Å². The van der Waals surface area contributed by atoms with Gasteiger partial charge in [0.25, 0.3) is 0 Å². The zero-order valence-corrected chi connectivity index (χ0v) is 7.80. The van der Waals surface area contributed by atoms with Gasteiger partial charge in [-0.1, -0.05) is 0 Å². The molecular weight excluding hydrogens is 181 g/mol. The van der Waals surface area contributed by atoms with E-state index in [1.54, 1.807) is 0 Å². The lowest BCUT2D eigenvalue weighted by atomic mass is 10.4. The molecule has 0 fully saturated rings. The van der Waals surface area contributed by atoms with Crippen LogP contribution in [0, 0.1) is 0 Å². The summed E-state index contributed by atoms with van der Waals surface area (Å²) in [5.41, 5.74) is 0. The minimum absolute atomic E-state index is 0.701. The Balaban J connectivity index is 3.79. The van der Waals surface area contributed by atoms with Crippen molar-refractivity contribution < 1.29 is 4.28 Å². The van der Waals surface area contributed by atoms with E-state index in [-0.39, 0.29) is 0 Å². The molecule has 0 unspecified atom stereocenters. The van der Waals surface area contributed by atoms with Gasteiger partial charge in [-0.3, -0.25) is 0 Å². The topological polar surface area (TPSA) is 2.70 Å². The second-order valence-electron chi connectivity index (χ2n) is 1.63. The highest BCUT2D eigenvalue weighted by molar-refractivity contribution is 7.62. The molecule has 0 spiro atoms. The van der Waals surface area contributed by atoms with E-state index in [1.807, 2.05) is 13.8 Å². The van der Waals surface area contributed by atoms with E-state index in [0.717, 1.165) is 0 Å². The Morgan fingerprint density at radius 2 is 1.44 bits per heavy atom. The fraction of sp³-hybridized carbons (Fsp3) is 1.00. The van der Waals surface area contributed by atoms with Crippen LogP contribution >= 0.6 is 34.4 Å². The monoisotopic (exact) mass is 190 g/mol. The van der Waals surface area contributed by atoms with Crippen LogP contribution in [0.4, 0.5) is 0 Å². The normalized spacial score (nSPS) is 12.7. The lowest BCUT2D eigenvalue weighted by Crippen LogP contribution is -2.31. The summed E-state index contributed by atoms with van der Waals surface area (Å²) in [6, 6.07) is 0. The van der Waals surface area contributed by atoms with E-state index in [0.29, 0.717) is 13.2 Å². The molecule has 0 atom stereocenters. The second-order valence-corrected chi connectivity index (χ2v) is 4.14. The van der Waals surface area contributed by atoms with Crippen LogP contribution in [-0.2, 0) is 4.28 Å². The summed E-state index contributed by atoms with van der Waals surface area (Å²) in [5, 5.41) is 0. The predicted molar refractivity (Wildman–Crippen MR) is 45.5 cm³/mol. The molecule has 0 N–H and O–H groups in total. The summed E-state index contributed by atoms with van der Waals surface area (Å²) < 4.78 is 0.662. The molecule has 0 saturated carbocycles. The molecule has 0 heterocycles. The molecule has 1 nitrogen and oxygen atoms in total. The Kier molecular flexibility index (Phi) is 4.31. The van der Waals surface area contributed by atoms with Gasteiger partial charge in [0.1, 0.15) is 0 Å². The first-order chi connectivity index (χ1) is 4.02. The van der Waals surface area contributed by atoms with Gasteiger partial charge < -0.3 is 4.28 Å². The highest BCUT2D eigenvalue weighted by atomic mass is 35.6. The van der Waals surface area contributed by atoms with Crippen molar-refractivity contribution in [1.29, 1.82) is 0 Å². The Morgan fingerprint density at radius 1 is 1.11 bits per heavy atom. The quantitative estimate of drug-likeness (QED) is 0.476. The Bertz CT molecular complexity index is 78.4. The lowest BCUT2D eigenvalue weighted by molar-refractivity contribution is 0.0311. The molecule has 0 amide bonds. The lowest BCUT2D eigenvalue weighted by Gasteiger charge is -2.33. The van der Waals surface area contributed by atoms with Gasteiger partial charge in [-0.2, -0.15) is 0 Å². The molecule has 0 bridgehead atoms. The van der Waals surface area contributed by atoms with Gasteiger partial charge in [0.2, 0.25) is 0 Å². The molecule has 0 aromatic heterocycles. The molecule has 0 radical (unpaired) electrons. The molecule has 0 saturated heterocycles. The summed E-state index contributed by atoms with van der Waals surface area (Å²) in [6.07, 6.45) is 0. The van der Waals surface area contributed by atoms with Gasteiger partial charge in [0, 0.05) is 0 Å². The van der Waals surface area contributed by atoms with Crippen LogP contribution in [0.1, 0.15) is 13.8 Å². The van der Waals surface area contributed by atoms with E-state index >= 15 is 0 Å². The maximum atomic E-state index is 5.58. The zero-order chi connectivity index (χ0) is 7.49. The minimum Gasteiger partial charge on any atom is -0.633 e. The molecular formula is C4H10BCl3O. The van der Waals surface area contributed by atoms with Crippen LogP contribution in [0.2, 0.25) is 0 Å². The van der Waals surface area contributed by atoms with Crippen molar-refractivity contribution in [3.8, 4) is 0 Å². The first-order valence-electron chi connectivity index (χ1n) is 2.88. The molecule has 5 heteroatoms. The van der Waals surface area contributed by atoms with Gasteiger partial charge in [-0.05, 0) is 13.8 Å². The van der Waals surface area contributed by atoms with E-state index in [4.69, 9.17) is 34.4 Å². The van der Waals surface area contributed by atoms with Gasteiger partial charge in [-0.15, -0.1) is 0 Å². The number of halogens is 3. The average molecular weight is 191 g/mol. The summed E-state index contributed by atoms with van der Waals surface area (Å²) in [6.45, 7) is 5.26. The summed E-state index contributed by atoms with van der Waals surface area (Å²) in [4.78, 5) is 0. The molecule has 0 aromatic carbocycles. The largest absolute Gasteiger partial charge is 0.633 e. The molecule has 0 aromatic rings. The van der Waals surface area contributed by atoms with Crippen LogP contribution in [0.25, 0.3) is 0 Å². The molecule has 9 heavy (non-hydrogen) atoms. The fourth-order valence-corrected chi connectivity index (χ4v) is 1.34. The highest BCUT2D eigenvalue weighted by Crippen LogP contribution is 2.27. The second kappa shape index (κ2) is 3.92. The van der Waals surface area contributed by atoms with Crippen molar-refractivity contribution in [3.05, 3.63) is 0 Å². The molecule has 56 valence electrons. The van der Waals surface area contributed by atoms with Crippen molar-refractivity contribution in [1.82, 2.24) is 0 Å². The third-order valence-corrected chi connectivity index (χ3v) is 1.88. The van der Waals surface area contributed by atoms with Crippen LogP contribution in [0.5, 0.6) is 0 Å². The van der Waals surface area contributed by atoms with Crippen molar-refractivity contribution in [3.63, 3.8) is 0 Å². The van der Waals surface area contributed by atoms with Crippen LogP contribution < -0.4 is 0 Å². The maximum absolute atomic E-state index is 5.58. The van der Waals surface area contributed by atoms with Crippen LogP contribution in [0.15, 0.2) is 0 Å².